The van der Waals surface area contributed by atoms with Crippen LogP contribution in [-0.2, 0) is 6.54 Å². The molecule has 3 aromatic heterocycles. The van der Waals surface area contributed by atoms with Gasteiger partial charge in [0.25, 0.3) is 11.7 Å². The number of carbonyl (C=O) groups is 1. The molecule has 4 rings (SSSR count). The number of hydrogen-bond acceptors (Lipinski definition) is 6. The third-order valence-corrected chi connectivity index (χ3v) is 5.10. The molecular formula is C16H18N6OS. The Labute approximate surface area is 143 Å². The second-order valence-electron chi connectivity index (χ2n) is 5.88. The van der Waals surface area contributed by atoms with Crippen molar-refractivity contribution in [2.24, 2.45) is 0 Å². The number of piperazine rings is 1. The molecule has 0 spiro atoms. The molecule has 1 aliphatic heterocycles. The summed E-state index contributed by atoms with van der Waals surface area (Å²) in [7, 11) is 0. The summed E-state index contributed by atoms with van der Waals surface area (Å²) in [5.41, 5.74) is 0.910. The van der Waals surface area contributed by atoms with Crippen molar-refractivity contribution in [2.45, 2.75) is 13.5 Å². The molecular weight excluding hydrogens is 324 g/mol. The molecule has 1 fully saturated rings. The quantitative estimate of drug-likeness (QED) is 0.721. The van der Waals surface area contributed by atoms with Gasteiger partial charge in [0.15, 0.2) is 0 Å². The smallest absolute Gasteiger partial charge is 0.293 e. The first-order valence-electron chi connectivity index (χ1n) is 7.93. The molecule has 7 nitrogen and oxygen atoms in total. The van der Waals surface area contributed by atoms with Gasteiger partial charge in [0.05, 0.1) is 0 Å². The molecule has 8 heteroatoms. The number of rotatable bonds is 3. The van der Waals surface area contributed by atoms with Gasteiger partial charge in [-0.05, 0) is 24.4 Å². The van der Waals surface area contributed by atoms with Crippen LogP contribution in [0.3, 0.4) is 0 Å². The molecule has 0 aromatic carbocycles. The molecule has 0 aliphatic carbocycles. The van der Waals surface area contributed by atoms with E-state index in [1.165, 1.54) is 4.88 Å². The fourth-order valence-electron chi connectivity index (χ4n) is 2.87. The van der Waals surface area contributed by atoms with Gasteiger partial charge in [0.2, 0.25) is 5.82 Å². The zero-order valence-corrected chi connectivity index (χ0v) is 14.2. The van der Waals surface area contributed by atoms with E-state index < -0.39 is 0 Å². The van der Waals surface area contributed by atoms with Gasteiger partial charge < -0.3 is 4.90 Å². The lowest BCUT2D eigenvalue weighted by Crippen LogP contribution is -2.48. The average Bonchev–Trinajstić information content (AvgIpc) is 3.25. The van der Waals surface area contributed by atoms with Crippen LogP contribution in [0.15, 0.2) is 29.8 Å². The van der Waals surface area contributed by atoms with E-state index in [1.54, 1.807) is 22.0 Å². The number of nitrogens with zero attached hydrogens (tertiary/aromatic N) is 6. The molecule has 0 unspecified atom stereocenters. The zero-order chi connectivity index (χ0) is 16.5. The van der Waals surface area contributed by atoms with Gasteiger partial charge in [-0.25, -0.2) is 9.50 Å². The van der Waals surface area contributed by atoms with Crippen molar-refractivity contribution < 1.29 is 4.79 Å². The predicted octanol–water partition coefficient (Wildman–Crippen LogP) is 1.45. The third kappa shape index (κ3) is 2.90. The lowest BCUT2D eigenvalue weighted by Gasteiger charge is -2.33. The van der Waals surface area contributed by atoms with E-state index in [0.717, 1.165) is 25.3 Å². The molecule has 3 aromatic rings. The normalized spacial score (nSPS) is 16.0. The van der Waals surface area contributed by atoms with E-state index in [2.05, 4.69) is 37.5 Å². The molecule has 0 N–H and O–H groups in total. The number of fused-ring (bicyclic) bond motifs is 1. The molecule has 1 aliphatic rings. The first-order valence-corrected chi connectivity index (χ1v) is 8.81. The minimum atomic E-state index is -0.115. The number of amides is 1. The van der Waals surface area contributed by atoms with Crippen molar-refractivity contribution in [3.8, 4) is 0 Å². The van der Waals surface area contributed by atoms with Crippen LogP contribution in [0.2, 0.25) is 0 Å². The highest BCUT2D eigenvalue weighted by atomic mass is 32.1. The summed E-state index contributed by atoms with van der Waals surface area (Å²) in [6, 6.07) is 6.07. The number of aromatic nitrogens is 4. The topological polar surface area (TPSA) is 66.6 Å². The first-order chi connectivity index (χ1) is 11.7. The molecule has 1 saturated heterocycles. The van der Waals surface area contributed by atoms with E-state index in [1.807, 2.05) is 17.9 Å². The number of thiophene rings is 1. The van der Waals surface area contributed by atoms with Gasteiger partial charge in [-0.2, -0.15) is 4.98 Å². The molecule has 0 atom stereocenters. The van der Waals surface area contributed by atoms with Gasteiger partial charge >= 0.3 is 0 Å². The summed E-state index contributed by atoms with van der Waals surface area (Å²) in [5.74, 6) is 0.578. The molecule has 24 heavy (non-hydrogen) atoms. The summed E-state index contributed by atoms with van der Waals surface area (Å²) in [6.07, 6.45) is 1.68. The molecule has 0 radical (unpaired) electrons. The van der Waals surface area contributed by atoms with Crippen LogP contribution in [0, 0.1) is 6.92 Å². The maximum atomic E-state index is 12.6. The van der Waals surface area contributed by atoms with Crippen molar-refractivity contribution >= 4 is 23.0 Å². The Hall–Kier alpha value is -2.32. The second-order valence-corrected chi connectivity index (χ2v) is 6.91. The Morgan fingerprint density at radius 2 is 2.08 bits per heavy atom. The Morgan fingerprint density at radius 1 is 1.25 bits per heavy atom. The van der Waals surface area contributed by atoms with Crippen LogP contribution in [0.1, 0.15) is 21.2 Å². The largest absolute Gasteiger partial charge is 0.333 e. The van der Waals surface area contributed by atoms with Gasteiger partial charge in [-0.3, -0.25) is 9.69 Å². The van der Waals surface area contributed by atoms with E-state index in [4.69, 9.17) is 0 Å². The number of carbonyl (C=O) groups excluding carboxylic acids is 1. The van der Waals surface area contributed by atoms with Crippen molar-refractivity contribution in [3.63, 3.8) is 0 Å². The van der Waals surface area contributed by atoms with E-state index in [0.29, 0.717) is 18.9 Å². The van der Waals surface area contributed by atoms with Crippen LogP contribution < -0.4 is 0 Å². The summed E-state index contributed by atoms with van der Waals surface area (Å²) in [6.45, 7) is 6.01. The average molecular weight is 342 g/mol. The maximum Gasteiger partial charge on any atom is 0.293 e. The van der Waals surface area contributed by atoms with Gasteiger partial charge in [0, 0.05) is 49.5 Å². The fraction of sp³-hybridized carbons (Fsp3) is 0.375. The number of hydrogen-bond donors (Lipinski definition) is 0. The van der Waals surface area contributed by atoms with Crippen LogP contribution in [0.25, 0.3) is 5.78 Å². The lowest BCUT2D eigenvalue weighted by atomic mass is 10.3. The van der Waals surface area contributed by atoms with Crippen LogP contribution in [-0.4, -0.2) is 61.5 Å². The summed E-state index contributed by atoms with van der Waals surface area (Å²) in [4.78, 5) is 26.6. The van der Waals surface area contributed by atoms with E-state index in [9.17, 15) is 4.79 Å². The molecule has 0 bridgehead atoms. The standard InChI is InChI=1S/C16H18N6OS/c1-12-4-5-17-16-18-14(19-22(12)16)15(23)21-8-6-20(7-9-21)11-13-3-2-10-24-13/h2-5,10H,6-9,11H2,1H3. The number of aryl methyl sites for hydroxylation is 1. The van der Waals surface area contributed by atoms with Crippen molar-refractivity contribution in [1.29, 1.82) is 0 Å². The van der Waals surface area contributed by atoms with Crippen molar-refractivity contribution in [2.75, 3.05) is 26.2 Å². The third-order valence-electron chi connectivity index (χ3n) is 4.24. The van der Waals surface area contributed by atoms with Crippen LogP contribution >= 0.6 is 11.3 Å². The van der Waals surface area contributed by atoms with Crippen LogP contribution in [0.4, 0.5) is 0 Å². The zero-order valence-electron chi connectivity index (χ0n) is 13.4. The Bertz CT molecular complexity index is 851. The molecule has 124 valence electrons. The highest BCUT2D eigenvalue weighted by molar-refractivity contribution is 7.09. The minimum Gasteiger partial charge on any atom is -0.333 e. The van der Waals surface area contributed by atoms with Crippen molar-refractivity contribution in [3.05, 3.63) is 46.2 Å². The molecule has 4 heterocycles. The van der Waals surface area contributed by atoms with Gasteiger partial charge in [-0.1, -0.05) is 6.07 Å². The summed E-state index contributed by atoms with van der Waals surface area (Å²) >= 11 is 1.77. The Kier molecular flexibility index (Phi) is 3.99. The molecule has 0 saturated carbocycles. The predicted molar refractivity (Wildman–Crippen MR) is 91.0 cm³/mol. The van der Waals surface area contributed by atoms with Gasteiger partial charge in [0.1, 0.15) is 0 Å². The highest BCUT2D eigenvalue weighted by Gasteiger charge is 2.25. The Morgan fingerprint density at radius 3 is 2.79 bits per heavy atom. The minimum absolute atomic E-state index is 0.115. The fourth-order valence-corrected chi connectivity index (χ4v) is 3.62. The van der Waals surface area contributed by atoms with Crippen molar-refractivity contribution in [1.82, 2.24) is 29.4 Å². The van der Waals surface area contributed by atoms with E-state index in [-0.39, 0.29) is 11.7 Å². The lowest BCUT2D eigenvalue weighted by molar-refractivity contribution is 0.0618. The molecule has 1 amide bonds. The first kappa shape index (κ1) is 15.2. The second kappa shape index (κ2) is 6.29. The van der Waals surface area contributed by atoms with E-state index >= 15 is 0 Å². The highest BCUT2D eigenvalue weighted by Crippen LogP contribution is 2.14. The summed E-state index contributed by atoms with van der Waals surface area (Å²) in [5, 5.41) is 6.40. The monoisotopic (exact) mass is 342 g/mol. The maximum absolute atomic E-state index is 12.6. The summed E-state index contributed by atoms with van der Waals surface area (Å²) < 4.78 is 1.61. The van der Waals surface area contributed by atoms with Crippen LogP contribution in [0.5, 0.6) is 0 Å². The van der Waals surface area contributed by atoms with Gasteiger partial charge in [-0.15, -0.1) is 16.4 Å². The SMILES string of the molecule is Cc1ccnc2nc(C(=O)N3CCN(Cc4cccs4)CC3)nn12. The Balaban J connectivity index is 1.42.